The third kappa shape index (κ3) is 3.62. The highest BCUT2D eigenvalue weighted by molar-refractivity contribution is 5.80. The molecule has 0 saturated heterocycles. The Morgan fingerprint density at radius 2 is 2.26 bits per heavy atom. The van der Waals surface area contributed by atoms with Crippen molar-refractivity contribution in [2.45, 2.75) is 12.8 Å². The molecule has 0 heterocycles. The number of hydrogen-bond acceptors (Lipinski definition) is 4. The Bertz CT molecular complexity index is 504. The van der Waals surface area contributed by atoms with Gasteiger partial charge in [-0.2, -0.15) is 5.26 Å². The molecule has 19 heavy (non-hydrogen) atoms. The Morgan fingerprint density at radius 3 is 2.89 bits per heavy atom. The number of benzene rings is 1. The lowest BCUT2D eigenvalue weighted by molar-refractivity contribution is -0.122. The van der Waals surface area contributed by atoms with Gasteiger partial charge in [-0.25, -0.2) is 0 Å². The highest BCUT2D eigenvalue weighted by Crippen LogP contribution is 2.28. The number of hydrogen-bond donors (Lipinski definition) is 2. The van der Waals surface area contributed by atoms with Gasteiger partial charge in [-0.05, 0) is 25.0 Å². The highest BCUT2D eigenvalue weighted by Gasteiger charge is 2.28. The van der Waals surface area contributed by atoms with Crippen LogP contribution in [0.5, 0.6) is 5.75 Å². The van der Waals surface area contributed by atoms with Crippen LogP contribution >= 0.6 is 0 Å². The van der Waals surface area contributed by atoms with E-state index in [4.69, 9.17) is 10.00 Å². The van der Waals surface area contributed by atoms with E-state index < -0.39 is 0 Å². The van der Waals surface area contributed by atoms with Gasteiger partial charge in [0.15, 0.2) is 0 Å². The minimum Gasteiger partial charge on any atom is -0.497 e. The van der Waals surface area contributed by atoms with Gasteiger partial charge in [-0.1, -0.05) is 0 Å². The minimum absolute atomic E-state index is 0.132. The molecule has 1 amide bonds. The molecule has 0 bridgehead atoms. The Morgan fingerprint density at radius 1 is 1.47 bits per heavy atom. The molecule has 5 heteroatoms. The molecule has 2 rings (SSSR count). The smallest absolute Gasteiger partial charge is 0.223 e. The predicted molar refractivity (Wildman–Crippen MR) is 71.9 cm³/mol. The van der Waals surface area contributed by atoms with Crippen molar-refractivity contribution >= 4 is 11.6 Å². The second-order valence-electron chi connectivity index (χ2n) is 4.52. The SMILES string of the molecule is COc1ccc(C#N)c(NCCNC(=O)C2CC2)c1. The van der Waals surface area contributed by atoms with Gasteiger partial charge in [-0.3, -0.25) is 4.79 Å². The summed E-state index contributed by atoms with van der Waals surface area (Å²) < 4.78 is 5.12. The summed E-state index contributed by atoms with van der Waals surface area (Å²) in [5, 5.41) is 15.0. The zero-order chi connectivity index (χ0) is 13.7. The lowest BCUT2D eigenvalue weighted by atomic mass is 10.2. The van der Waals surface area contributed by atoms with Crippen molar-refractivity contribution in [2.24, 2.45) is 5.92 Å². The Hall–Kier alpha value is -2.22. The van der Waals surface area contributed by atoms with Gasteiger partial charge >= 0.3 is 0 Å². The Balaban J connectivity index is 1.84. The van der Waals surface area contributed by atoms with Crippen LogP contribution in [0.2, 0.25) is 0 Å². The molecule has 0 radical (unpaired) electrons. The fourth-order valence-corrected chi connectivity index (χ4v) is 1.77. The molecule has 2 N–H and O–H groups in total. The van der Waals surface area contributed by atoms with Crippen molar-refractivity contribution in [3.05, 3.63) is 23.8 Å². The van der Waals surface area contributed by atoms with Gasteiger partial charge in [0.2, 0.25) is 5.91 Å². The Labute approximate surface area is 112 Å². The first-order valence-corrected chi connectivity index (χ1v) is 6.34. The molecule has 100 valence electrons. The van der Waals surface area contributed by atoms with Crippen LogP contribution in [0.4, 0.5) is 5.69 Å². The van der Waals surface area contributed by atoms with Gasteiger partial charge < -0.3 is 15.4 Å². The molecule has 1 fully saturated rings. The summed E-state index contributed by atoms with van der Waals surface area (Å²) in [6, 6.07) is 7.36. The number of anilines is 1. The number of rotatable bonds is 6. The highest BCUT2D eigenvalue weighted by atomic mass is 16.5. The van der Waals surface area contributed by atoms with Gasteiger partial charge in [0.05, 0.1) is 18.4 Å². The zero-order valence-electron chi connectivity index (χ0n) is 10.9. The number of nitrogens with zero attached hydrogens (tertiary/aromatic N) is 1. The molecular formula is C14H17N3O2. The minimum atomic E-state index is 0.132. The van der Waals surface area contributed by atoms with Crippen LogP contribution < -0.4 is 15.4 Å². The quantitative estimate of drug-likeness (QED) is 0.759. The summed E-state index contributed by atoms with van der Waals surface area (Å²) in [5.74, 6) is 1.06. The van der Waals surface area contributed by atoms with Crippen molar-refractivity contribution in [3.8, 4) is 11.8 Å². The fraction of sp³-hybridized carbons (Fsp3) is 0.429. The van der Waals surface area contributed by atoms with Crippen LogP contribution in [0, 0.1) is 17.2 Å². The number of methoxy groups -OCH3 is 1. The third-order valence-corrected chi connectivity index (χ3v) is 3.04. The second kappa shape index (κ2) is 6.10. The summed E-state index contributed by atoms with van der Waals surface area (Å²) in [4.78, 5) is 11.4. The van der Waals surface area contributed by atoms with Crippen molar-refractivity contribution in [2.75, 3.05) is 25.5 Å². The van der Waals surface area contributed by atoms with Crippen molar-refractivity contribution in [1.29, 1.82) is 5.26 Å². The molecule has 0 spiro atoms. The summed E-state index contributed by atoms with van der Waals surface area (Å²) in [7, 11) is 1.58. The van der Waals surface area contributed by atoms with E-state index in [1.807, 2.05) is 0 Å². The monoisotopic (exact) mass is 259 g/mol. The molecule has 5 nitrogen and oxygen atoms in total. The van der Waals surface area contributed by atoms with Crippen molar-refractivity contribution < 1.29 is 9.53 Å². The summed E-state index contributed by atoms with van der Waals surface area (Å²) in [5.41, 5.74) is 1.29. The van der Waals surface area contributed by atoms with Gasteiger partial charge in [0.1, 0.15) is 11.8 Å². The van der Waals surface area contributed by atoms with E-state index in [1.165, 1.54) is 0 Å². The van der Waals surface area contributed by atoms with E-state index in [9.17, 15) is 4.79 Å². The molecule has 1 saturated carbocycles. The molecule has 1 aliphatic rings. The van der Waals surface area contributed by atoms with Crippen LogP contribution in [0.15, 0.2) is 18.2 Å². The van der Waals surface area contributed by atoms with Crippen molar-refractivity contribution in [3.63, 3.8) is 0 Å². The van der Waals surface area contributed by atoms with E-state index in [1.54, 1.807) is 25.3 Å². The van der Waals surface area contributed by atoms with Crippen molar-refractivity contribution in [1.82, 2.24) is 5.32 Å². The maximum Gasteiger partial charge on any atom is 0.223 e. The maximum atomic E-state index is 11.4. The average Bonchev–Trinajstić information content (AvgIpc) is 3.27. The topological polar surface area (TPSA) is 74.2 Å². The largest absolute Gasteiger partial charge is 0.497 e. The fourth-order valence-electron chi connectivity index (χ4n) is 1.77. The van der Waals surface area contributed by atoms with Gasteiger partial charge in [0.25, 0.3) is 0 Å². The lowest BCUT2D eigenvalue weighted by Gasteiger charge is -2.10. The third-order valence-electron chi connectivity index (χ3n) is 3.04. The first kappa shape index (κ1) is 13.2. The number of carbonyl (C=O) groups excluding carboxylic acids is 1. The van der Waals surface area contributed by atoms with E-state index >= 15 is 0 Å². The molecule has 1 aliphatic carbocycles. The second-order valence-corrected chi connectivity index (χ2v) is 4.52. The molecule has 0 aromatic heterocycles. The van der Waals surface area contributed by atoms with E-state index in [0.717, 1.165) is 18.5 Å². The lowest BCUT2D eigenvalue weighted by Crippen LogP contribution is -2.29. The standard InChI is InChI=1S/C14H17N3O2/c1-19-12-5-4-11(9-15)13(8-12)16-6-7-17-14(18)10-2-3-10/h4-5,8,10,16H,2-3,6-7H2,1H3,(H,17,18). The summed E-state index contributed by atoms with van der Waals surface area (Å²) >= 11 is 0. The molecule has 1 aromatic carbocycles. The normalized spacial score (nSPS) is 13.5. The molecule has 0 atom stereocenters. The number of amides is 1. The van der Waals surface area contributed by atoms with E-state index in [0.29, 0.717) is 24.4 Å². The summed E-state index contributed by atoms with van der Waals surface area (Å²) in [6.45, 7) is 1.14. The van der Waals surface area contributed by atoms with Crippen LogP contribution in [-0.2, 0) is 4.79 Å². The number of nitrogens with one attached hydrogen (secondary N) is 2. The van der Waals surface area contributed by atoms with E-state index in [-0.39, 0.29) is 11.8 Å². The van der Waals surface area contributed by atoms with Crippen LogP contribution in [0.25, 0.3) is 0 Å². The van der Waals surface area contributed by atoms with Crippen LogP contribution in [0.3, 0.4) is 0 Å². The van der Waals surface area contributed by atoms with Crippen LogP contribution in [0.1, 0.15) is 18.4 Å². The number of ether oxygens (including phenoxy) is 1. The molecule has 0 aliphatic heterocycles. The van der Waals surface area contributed by atoms with E-state index in [2.05, 4.69) is 16.7 Å². The Kier molecular flexibility index (Phi) is 4.24. The number of nitriles is 1. The summed E-state index contributed by atoms with van der Waals surface area (Å²) in [6.07, 6.45) is 2.02. The van der Waals surface area contributed by atoms with Crippen LogP contribution in [-0.4, -0.2) is 26.1 Å². The average molecular weight is 259 g/mol. The van der Waals surface area contributed by atoms with Gasteiger partial charge in [-0.15, -0.1) is 0 Å². The first-order chi connectivity index (χ1) is 9.24. The number of carbonyl (C=O) groups is 1. The maximum absolute atomic E-state index is 11.4. The molecule has 0 unspecified atom stereocenters. The molecular weight excluding hydrogens is 242 g/mol. The first-order valence-electron chi connectivity index (χ1n) is 6.34. The zero-order valence-corrected chi connectivity index (χ0v) is 10.9. The predicted octanol–water partition coefficient (Wildman–Crippen LogP) is 1.50. The molecule has 1 aromatic rings. The van der Waals surface area contributed by atoms with Gasteiger partial charge in [0, 0.05) is 25.1 Å².